The summed E-state index contributed by atoms with van der Waals surface area (Å²) in [6.07, 6.45) is 0.716. The highest BCUT2D eigenvalue weighted by atomic mass is 19.1. The first kappa shape index (κ1) is 17.6. The zero-order valence-electron chi connectivity index (χ0n) is 14.3. The molecule has 25 heavy (non-hydrogen) atoms. The Morgan fingerprint density at radius 3 is 2.68 bits per heavy atom. The standard InChI is InChI=1S/C20H22FNO3/c1-24-12-10-15-14-22(11-13-25-15)20(23)18-8-3-2-6-16(18)17-7-4-5-9-19(17)21/h2-9,15H,10-14H2,1H3/t15-/m0/s1. The predicted octanol–water partition coefficient (Wildman–Crippen LogP) is 3.37. The summed E-state index contributed by atoms with van der Waals surface area (Å²) in [6, 6.07) is 13.7. The van der Waals surface area contributed by atoms with Gasteiger partial charge in [0.1, 0.15) is 5.82 Å². The summed E-state index contributed by atoms with van der Waals surface area (Å²) < 4.78 is 25.0. The molecular formula is C20H22FNO3. The second kappa shape index (κ2) is 8.23. The fourth-order valence-corrected chi connectivity index (χ4v) is 3.08. The summed E-state index contributed by atoms with van der Waals surface area (Å²) in [5, 5.41) is 0. The molecule has 0 aliphatic carbocycles. The molecule has 1 aliphatic heterocycles. The van der Waals surface area contributed by atoms with Crippen molar-refractivity contribution in [2.45, 2.75) is 12.5 Å². The first-order valence-electron chi connectivity index (χ1n) is 8.44. The number of benzene rings is 2. The molecule has 0 N–H and O–H groups in total. The van der Waals surface area contributed by atoms with Gasteiger partial charge in [-0.1, -0.05) is 36.4 Å². The zero-order chi connectivity index (χ0) is 17.6. The SMILES string of the molecule is COCC[C@H]1CN(C(=O)c2ccccc2-c2ccccc2F)CCO1. The van der Waals surface area contributed by atoms with Crippen LogP contribution in [0.2, 0.25) is 0 Å². The number of morpholine rings is 1. The smallest absolute Gasteiger partial charge is 0.254 e. The molecule has 2 aromatic rings. The summed E-state index contributed by atoms with van der Waals surface area (Å²) in [5.74, 6) is -0.424. The summed E-state index contributed by atoms with van der Waals surface area (Å²) in [7, 11) is 1.65. The lowest BCUT2D eigenvalue weighted by atomic mass is 9.98. The number of nitrogens with zero attached hydrogens (tertiary/aromatic N) is 1. The monoisotopic (exact) mass is 343 g/mol. The summed E-state index contributed by atoms with van der Waals surface area (Å²) in [4.78, 5) is 14.8. The van der Waals surface area contributed by atoms with Crippen LogP contribution in [0, 0.1) is 5.82 Å². The van der Waals surface area contributed by atoms with Gasteiger partial charge in [0.25, 0.3) is 5.91 Å². The molecule has 3 rings (SSSR count). The summed E-state index contributed by atoms with van der Waals surface area (Å²) in [6.45, 7) is 2.15. The van der Waals surface area contributed by atoms with E-state index in [9.17, 15) is 9.18 Å². The predicted molar refractivity (Wildman–Crippen MR) is 94.0 cm³/mol. The molecule has 1 aliphatic rings. The van der Waals surface area contributed by atoms with Gasteiger partial charge in [-0.25, -0.2) is 4.39 Å². The van der Waals surface area contributed by atoms with Crippen molar-refractivity contribution in [1.82, 2.24) is 4.90 Å². The van der Waals surface area contributed by atoms with Crippen molar-refractivity contribution in [1.29, 1.82) is 0 Å². The van der Waals surface area contributed by atoms with Crippen molar-refractivity contribution in [2.75, 3.05) is 33.4 Å². The van der Waals surface area contributed by atoms with E-state index in [0.717, 1.165) is 6.42 Å². The normalized spacial score (nSPS) is 17.5. The van der Waals surface area contributed by atoms with Crippen LogP contribution in [0.1, 0.15) is 16.8 Å². The van der Waals surface area contributed by atoms with Gasteiger partial charge in [-0.15, -0.1) is 0 Å². The van der Waals surface area contributed by atoms with Crippen molar-refractivity contribution in [2.24, 2.45) is 0 Å². The van der Waals surface area contributed by atoms with Crippen LogP contribution in [-0.2, 0) is 9.47 Å². The molecule has 0 saturated carbocycles. The van der Waals surface area contributed by atoms with Crippen LogP contribution in [0.15, 0.2) is 48.5 Å². The van der Waals surface area contributed by atoms with E-state index in [1.54, 1.807) is 48.4 Å². The van der Waals surface area contributed by atoms with Gasteiger partial charge >= 0.3 is 0 Å². The fraction of sp³-hybridized carbons (Fsp3) is 0.350. The van der Waals surface area contributed by atoms with Crippen molar-refractivity contribution >= 4 is 5.91 Å². The molecule has 0 bridgehead atoms. The summed E-state index contributed by atoms with van der Waals surface area (Å²) >= 11 is 0. The molecule has 5 heteroatoms. The Morgan fingerprint density at radius 1 is 1.20 bits per heavy atom. The molecule has 4 nitrogen and oxygen atoms in total. The third kappa shape index (κ3) is 4.06. The van der Waals surface area contributed by atoms with Crippen molar-refractivity contribution in [3.05, 3.63) is 59.9 Å². The quantitative estimate of drug-likeness (QED) is 0.835. The Morgan fingerprint density at radius 2 is 1.92 bits per heavy atom. The number of halogens is 1. The molecule has 1 amide bonds. The van der Waals surface area contributed by atoms with Crippen LogP contribution >= 0.6 is 0 Å². The van der Waals surface area contributed by atoms with Gasteiger partial charge in [-0.05, 0) is 24.1 Å². The third-order valence-corrected chi connectivity index (χ3v) is 4.39. The largest absolute Gasteiger partial charge is 0.385 e. The molecule has 2 aromatic carbocycles. The van der Waals surface area contributed by atoms with Gasteiger partial charge in [-0.2, -0.15) is 0 Å². The van der Waals surface area contributed by atoms with E-state index in [1.165, 1.54) is 6.07 Å². The second-order valence-electron chi connectivity index (χ2n) is 6.05. The van der Waals surface area contributed by atoms with Gasteiger partial charge < -0.3 is 14.4 Å². The second-order valence-corrected chi connectivity index (χ2v) is 6.05. The number of rotatable bonds is 5. The van der Waals surface area contributed by atoms with Gasteiger partial charge in [-0.3, -0.25) is 4.79 Å². The maximum atomic E-state index is 14.2. The Balaban J connectivity index is 1.84. The topological polar surface area (TPSA) is 38.8 Å². The first-order chi connectivity index (χ1) is 12.2. The highest BCUT2D eigenvalue weighted by molar-refractivity contribution is 6.01. The lowest BCUT2D eigenvalue weighted by Gasteiger charge is -2.33. The Bertz CT molecular complexity index is 734. The highest BCUT2D eigenvalue weighted by Crippen LogP contribution is 2.27. The molecule has 1 atom stereocenters. The average Bonchev–Trinajstić information content (AvgIpc) is 2.66. The van der Waals surface area contributed by atoms with Crippen LogP contribution in [0.25, 0.3) is 11.1 Å². The first-order valence-corrected chi connectivity index (χ1v) is 8.44. The molecule has 0 radical (unpaired) electrons. The average molecular weight is 343 g/mol. The Kier molecular flexibility index (Phi) is 5.79. The molecule has 1 saturated heterocycles. The van der Waals surface area contributed by atoms with E-state index in [-0.39, 0.29) is 17.8 Å². The number of carbonyl (C=O) groups excluding carboxylic acids is 1. The molecule has 132 valence electrons. The molecule has 1 fully saturated rings. The van der Waals surface area contributed by atoms with Gasteiger partial charge in [0.05, 0.1) is 12.7 Å². The number of carbonyl (C=O) groups is 1. The number of methoxy groups -OCH3 is 1. The van der Waals surface area contributed by atoms with Crippen LogP contribution in [0.4, 0.5) is 4.39 Å². The lowest BCUT2D eigenvalue weighted by Crippen LogP contribution is -2.46. The van der Waals surface area contributed by atoms with E-state index >= 15 is 0 Å². The maximum Gasteiger partial charge on any atom is 0.254 e. The van der Waals surface area contributed by atoms with Gasteiger partial charge in [0, 0.05) is 37.9 Å². The maximum absolute atomic E-state index is 14.2. The van der Waals surface area contributed by atoms with E-state index in [1.807, 2.05) is 6.07 Å². The third-order valence-electron chi connectivity index (χ3n) is 4.39. The number of hydrogen-bond donors (Lipinski definition) is 0. The molecule has 0 spiro atoms. The van der Waals surface area contributed by atoms with Crippen molar-refractivity contribution in [3.63, 3.8) is 0 Å². The number of hydrogen-bond acceptors (Lipinski definition) is 3. The molecule has 0 unspecified atom stereocenters. The van der Waals surface area contributed by atoms with Crippen molar-refractivity contribution < 1.29 is 18.7 Å². The Labute approximate surface area is 147 Å². The van der Waals surface area contributed by atoms with E-state index in [2.05, 4.69) is 0 Å². The van der Waals surface area contributed by atoms with Crippen molar-refractivity contribution in [3.8, 4) is 11.1 Å². The minimum Gasteiger partial charge on any atom is -0.385 e. The van der Waals surface area contributed by atoms with Gasteiger partial charge in [0.2, 0.25) is 0 Å². The van der Waals surface area contributed by atoms with Crippen LogP contribution < -0.4 is 0 Å². The van der Waals surface area contributed by atoms with E-state index in [4.69, 9.17) is 9.47 Å². The summed E-state index contributed by atoms with van der Waals surface area (Å²) in [5.41, 5.74) is 1.57. The highest BCUT2D eigenvalue weighted by Gasteiger charge is 2.26. The molecule has 0 aromatic heterocycles. The van der Waals surface area contributed by atoms with Crippen LogP contribution in [0.5, 0.6) is 0 Å². The minimum absolute atomic E-state index is 0.0294. The minimum atomic E-state index is -0.331. The van der Waals surface area contributed by atoms with Gasteiger partial charge in [0.15, 0.2) is 0 Å². The lowest BCUT2D eigenvalue weighted by molar-refractivity contribution is -0.0332. The molecular weight excluding hydrogens is 321 g/mol. The van der Waals surface area contributed by atoms with E-state index < -0.39 is 0 Å². The number of amides is 1. The Hall–Kier alpha value is -2.24. The number of ether oxygens (including phenoxy) is 2. The fourth-order valence-electron chi connectivity index (χ4n) is 3.08. The molecule has 1 heterocycles. The van der Waals surface area contributed by atoms with E-state index in [0.29, 0.717) is 43.0 Å². The zero-order valence-corrected chi connectivity index (χ0v) is 14.3. The van der Waals surface area contributed by atoms with Crippen LogP contribution in [0.3, 0.4) is 0 Å². The van der Waals surface area contributed by atoms with Crippen LogP contribution in [-0.4, -0.2) is 50.3 Å².